The summed E-state index contributed by atoms with van der Waals surface area (Å²) in [6, 6.07) is 4.94. The zero-order chi connectivity index (χ0) is 14.2. The van der Waals surface area contributed by atoms with Gasteiger partial charge in [-0.1, -0.05) is 11.6 Å². The Balaban J connectivity index is 2.31. The van der Waals surface area contributed by atoms with Gasteiger partial charge < -0.3 is 15.5 Å². The van der Waals surface area contributed by atoms with Crippen LogP contribution in [-0.2, 0) is 0 Å². The van der Waals surface area contributed by atoms with Crippen LogP contribution in [0.2, 0.25) is 5.02 Å². The molecule has 19 heavy (non-hydrogen) atoms. The van der Waals surface area contributed by atoms with E-state index in [4.69, 9.17) is 21.8 Å². The van der Waals surface area contributed by atoms with Crippen LogP contribution in [0.15, 0.2) is 22.6 Å². The molecule has 0 saturated heterocycles. The van der Waals surface area contributed by atoms with Crippen LogP contribution in [0.3, 0.4) is 0 Å². The summed E-state index contributed by atoms with van der Waals surface area (Å²) in [4.78, 5) is 12.2. The van der Waals surface area contributed by atoms with Crippen molar-refractivity contribution in [3.05, 3.63) is 45.9 Å². The summed E-state index contributed by atoms with van der Waals surface area (Å²) < 4.78 is 5.44. The van der Waals surface area contributed by atoms with E-state index in [2.05, 4.69) is 5.32 Å². The summed E-state index contributed by atoms with van der Waals surface area (Å²) in [5.41, 5.74) is 8.15. The number of halogens is 1. The Kier molecular flexibility index (Phi) is 3.53. The van der Waals surface area contributed by atoms with Gasteiger partial charge in [0.2, 0.25) is 0 Å². The Morgan fingerprint density at radius 3 is 2.47 bits per heavy atom. The number of amides is 1. The molecule has 2 rings (SSSR count). The molecule has 0 unspecified atom stereocenters. The summed E-state index contributed by atoms with van der Waals surface area (Å²) in [5.74, 6) is 1.10. The fourth-order valence-corrected chi connectivity index (χ4v) is 2.14. The van der Waals surface area contributed by atoms with Crippen molar-refractivity contribution >= 4 is 28.9 Å². The molecule has 0 atom stereocenters. The molecule has 5 heteroatoms. The molecule has 1 amide bonds. The zero-order valence-corrected chi connectivity index (χ0v) is 11.8. The standard InChI is InChI=1S/C14H15ClN2O2/c1-7-8(2)19-9(3)13(7)14(18)17-12-5-4-10(15)6-11(12)16/h4-6H,16H2,1-3H3,(H,17,18). The number of rotatable bonds is 2. The molecular formula is C14H15ClN2O2. The second-order valence-electron chi connectivity index (χ2n) is 4.40. The number of hydrogen-bond acceptors (Lipinski definition) is 3. The molecule has 1 heterocycles. The van der Waals surface area contributed by atoms with Crippen molar-refractivity contribution in [3.63, 3.8) is 0 Å². The molecule has 1 aromatic carbocycles. The Morgan fingerprint density at radius 1 is 1.26 bits per heavy atom. The van der Waals surface area contributed by atoms with E-state index in [0.717, 1.165) is 11.3 Å². The molecule has 0 aliphatic heterocycles. The number of carbonyl (C=O) groups excluding carboxylic acids is 1. The van der Waals surface area contributed by atoms with E-state index in [9.17, 15) is 4.79 Å². The molecule has 0 spiro atoms. The van der Waals surface area contributed by atoms with Gasteiger partial charge in [0.1, 0.15) is 11.5 Å². The second-order valence-corrected chi connectivity index (χ2v) is 4.84. The van der Waals surface area contributed by atoms with Crippen LogP contribution in [0.25, 0.3) is 0 Å². The van der Waals surface area contributed by atoms with E-state index in [1.54, 1.807) is 25.1 Å². The van der Waals surface area contributed by atoms with Crippen LogP contribution in [0, 0.1) is 20.8 Å². The van der Waals surface area contributed by atoms with Gasteiger partial charge in [0, 0.05) is 10.6 Å². The monoisotopic (exact) mass is 278 g/mol. The van der Waals surface area contributed by atoms with Crippen molar-refractivity contribution in [1.29, 1.82) is 0 Å². The van der Waals surface area contributed by atoms with Crippen molar-refractivity contribution in [1.82, 2.24) is 0 Å². The van der Waals surface area contributed by atoms with Crippen molar-refractivity contribution in [2.75, 3.05) is 11.1 Å². The topological polar surface area (TPSA) is 68.3 Å². The van der Waals surface area contributed by atoms with Gasteiger partial charge in [0.15, 0.2) is 0 Å². The highest BCUT2D eigenvalue weighted by molar-refractivity contribution is 6.31. The minimum atomic E-state index is -0.235. The summed E-state index contributed by atoms with van der Waals surface area (Å²) in [6.07, 6.45) is 0. The molecule has 0 aliphatic carbocycles. The number of nitrogens with two attached hydrogens (primary N) is 1. The average Bonchev–Trinajstić information content (AvgIpc) is 2.57. The lowest BCUT2D eigenvalue weighted by Crippen LogP contribution is -2.14. The van der Waals surface area contributed by atoms with Crippen molar-refractivity contribution in [2.45, 2.75) is 20.8 Å². The Bertz CT molecular complexity index is 647. The van der Waals surface area contributed by atoms with Crippen molar-refractivity contribution < 1.29 is 9.21 Å². The maximum absolute atomic E-state index is 12.2. The van der Waals surface area contributed by atoms with Crippen LogP contribution in [0.5, 0.6) is 0 Å². The van der Waals surface area contributed by atoms with E-state index in [0.29, 0.717) is 27.7 Å². The second kappa shape index (κ2) is 4.97. The minimum absolute atomic E-state index is 0.235. The number of anilines is 2. The fraction of sp³-hybridized carbons (Fsp3) is 0.214. The van der Waals surface area contributed by atoms with Gasteiger partial charge in [-0.25, -0.2) is 0 Å². The van der Waals surface area contributed by atoms with Crippen LogP contribution in [-0.4, -0.2) is 5.91 Å². The number of benzene rings is 1. The van der Waals surface area contributed by atoms with E-state index < -0.39 is 0 Å². The van der Waals surface area contributed by atoms with Crippen LogP contribution < -0.4 is 11.1 Å². The summed E-state index contributed by atoms with van der Waals surface area (Å²) in [5, 5.41) is 3.30. The normalized spacial score (nSPS) is 10.5. The first kappa shape index (κ1) is 13.5. The Morgan fingerprint density at radius 2 is 1.95 bits per heavy atom. The van der Waals surface area contributed by atoms with Crippen molar-refractivity contribution in [3.8, 4) is 0 Å². The number of nitrogens with one attached hydrogen (secondary N) is 1. The summed E-state index contributed by atoms with van der Waals surface area (Å²) in [6.45, 7) is 5.45. The fourth-order valence-electron chi connectivity index (χ4n) is 1.96. The highest BCUT2D eigenvalue weighted by atomic mass is 35.5. The van der Waals surface area contributed by atoms with Crippen LogP contribution >= 0.6 is 11.6 Å². The van der Waals surface area contributed by atoms with E-state index in [1.165, 1.54) is 0 Å². The molecular weight excluding hydrogens is 264 g/mol. The quantitative estimate of drug-likeness (QED) is 0.823. The number of carbonyl (C=O) groups is 1. The molecule has 0 radical (unpaired) electrons. The van der Waals surface area contributed by atoms with Crippen LogP contribution in [0.4, 0.5) is 11.4 Å². The smallest absolute Gasteiger partial charge is 0.259 e. The molecule has 0 bridgehead atoms. The third kappa shape index (κ3) is 2.58. The predicted molar refractivity (Wildman–Crippen MR) is 76.7 cm³/mol. The van der Waals surface area contributed by atoms with E-state index >= 15 is 0 Å². The SMILES string of the molecule is Cc1oc(C)c(C(=O)Nc2ccc(Cl)cc2N)c1C. The zero-order valence-electron chi connectivity index (χ0n) is 11.0. The minimum Gasteiger partial charge on any atom is -0.466 e. The lowest BCUT2D eigenvalue weighted by Gasteiger charge is -2.08. The lowest BCUT2D eigenvalue weighted by atomic mass is 10.1. The summed E-state index contributed by atoms with van der Waals surface area (Å²) in [7, 11) is 0. The van der Waals surface area contributed by atoms with Crippen LogP contribution in [0.1, 0.15) is 27.4 Å². The molecule has 0 saturated carbocycles. The first-order chi connectivity index (χ1) is 8.90. The van der Waals surface area contributed by atoms with Gasteiger partial charge >= 0.3 is 0 Å². The Hall–Kier alpha value is -1.94. The number of aryl methyl sites for hydroxylation is 2. The molecule has 2 aromatic rings. The van der Waals surface area contributed by atoms with Gasteiger partial charge in [0.05, 0.1) is 16.9 Å². The molecule has 100 valence electrons. The maximum atomic E-state index is 12.2. The number of furan rings is 1. The number of hydrogen-bond donors (Lipinski definition) is 2. The third-order valence-corrected chi connectivity index (χ3v) is 3.29. The largest absolute Gasteiger partial charge is 0.466 e. The lowest BCUT2D eigenvalue weighted by molar-refractivity contribution is 0.102. The molecule has 4 nitrogen and oxygen atoms in total. The van der Waals surface area contributed by atoms with Gasteiger partial charge in [-0.15, -0.1) is 0 Å². The first-order valence-electron chi connectivity index (χ1n) is 5.83. The van der Waals surface area contributed by atoms with E-state index in [-0.39, 0.29) is 5.91 Å². The van der Waals surface area contributed by atoms with Crippen molar-refractivity contribution in [2.24, 2.45) is 0 Å². The highest BCUT2D eigenvalue weighted by Gasteiger charge is 2.19. The first-order valence-corrected chi connectivity index (χ1v) is 6.21. The van der Waals surface area contributed by atoms with Gasteiger partial charge in [-0.05, 0) is 39.0 Å². The predicted octanol–water partition coefficient (Wildman–Crippen LogP) is 3.69. The number of nitrogen functional groups attached to an aromatic ring is 1. The molecule has 0 fully saturated rings. The van der Waals surface area contributed by atoms with E-state index in [1.807, 2.05) is 13.8 Å². The van der Waals surface area contributed by atoms with Gasteiger partial charge in [-0.2, -0.15) is 0 Å². The average molecular weight is 279 g/mol. The Labute approximate surface area is 116 Å². The molecule has 1 aromatic heterocycles. The summed E-state index contributed by atoms with van der Waals surface area (Å²) >= 11 is 5.82. The highest BCUT2D eigenvalue weighted by Crippen LogP contribution is 2.26. The third-order valence-electron chi connectivity index (χ3n) is 3.05. The molecule has 0 aliphatic rings. The van der Waals surface area contributed by atoms with Gasteiger partial charge in [0.25, 0.3) is 5.91 Å². The maximum Gasteiger partial charge on any atom is 0.259 e. The molecule has 3 N–H and O–H groups in total. The van der Waals surface area contributed by atoms with Gasteiger partial charge in [-0.3, -0.25) is 4.79 Å².